The first-order chi connectivity index (χ1) is 9.28. The molecule has 0 radical (unpaired) electrons. The quantitative estimate of drug-likeness (QED) is 0.779. The lowest BCUT2D eigenvalue weighted by Crippen LogP contribution is -2.37. The number of benzene rings is 1. The Labute approximate surface area is 112 Å². The van der Waals surface area contributed by atoms with Gasteiger partial charge >= 0.3 is 5.97 Å². The van der Waals surface area contributed by atoms with Gasteiger partial charge in [-0.05, 0) is 18.4 Å². The van der Waals surface area contributed by atoms with Gasteiger partial charge in [-0.25, -0.2) is 4.79 Å². The second kappa shape index (κ2) is 5.05. The van der Waals surface area contributed by atoms with Crippen molar-refractivity contribution in [1.29, 1.82) is 0 Å². The van der Waals surface area contributed by atoms with Crippen LogP contribution in [0.5, 0.6) is 0 Å². The van der Waals surface area contributed by atoms with Crippen LogP contribution in [0.4, 0.5) is 0 Å². The average Bonchev–Trinajstić information content (AvgIpc) is 2.87. The van der Waals surface area contributed by atoms with Crippen molar-refractivity contribution < 1.29 is 14.3 Å². The second-order valence-electron chi connectivity index (χ2n) is 4.89. The third kappa shape index (κ3) is 2.36. The molecular weight excluding hydrogens is 242 g/mol. The van der Waals surface area contributed by atoms with Crippen molar-refractivity contribution in [3.05, 3.63) is 47.7 Å². The van der Waals surface area contributed by atoms with Crippen LogP contribution < -0.4 is 0 Å². The molecule has 2 aliphatic rings. The summed E-state index contributed by atoms with van der Waals surface area (Å²) in [7, 11) is 1.41. The van der Waals surface area contributed by atoms with Crippen LogP contribution in [-0.2, 0) is 20.8 Å². The number of fused-ring (bicyclic) bond motifs is 2. The number of rotatable bonds is 3. The molecule has 19 heavy (non-hydrogen) atoms. The average molecular weight is 259 g/mol. The molecule has 0 N–H and O–H groups in total. The summed E-state index contributed by atoms with van der Waals surface area (Å²) in [6.45, 7) is 0.749. The topological polar surface area (TPSA) is 38.8 Å². The highest BCUT2D eigenvalue weighted by molar-refractivity contribution is 5.89. The molecule has 3 rings (SSSR count). The van der Waals surface area contributed by atoms with E-state index in [0.717, 1.165) is 19.4 Å². The second-order valence-corrected chi connectivity index (χ2v) is 4.89. The van der Waals surface area contributed by atoms with Crippen LogP contribution in [0, 0.1) is 0 Å². The van der Waals surface area contributed by atoms with E-state index in [9.17, 15) is 4.79 Å². The molecule has 4 nitrogen and oxygen atoms in total. The summed E-state index contributed by atoms with van der Waals surface area (Å²) in [4.78, 5) is 13.8. The van der Waals surface area contributed by atoms with Crippen LogP contribution in [0.3, 0.4) is 0 Å². The number of carbonyl (C=O) groups is 1. The highest BCUT2D eigenvalue weighted by Gasteiger charge is 2.38. The van der Waals surface area contributed by atoms with Gasteiger partial charge in [0, 0.05) is 12.7 Å². The minimum atomic E-state index is -0.289. The fourth-order valence-corrected chi connectivity index (χ4v) is 2.68. The SMILES string of the molecule is COC(=O)C1=CN(Cc2ccccc2)C2CCC1O2. The number of hydrogen-bond donors (Lipinski definition) is 0. The number of carbonyl (C=O) groups excluding carboxylic acids is 1. The van der Waals surface area contributed by atoms with E-state index in [4.69, 9.17) is 9.47 Å². The van der Waals surface area contributed by atoms with Crippen molar-refractivity contribution in [3.8, 4) is 0 Å². The standard InChI is InChI=1S/C15H17NO3/c1-18-15(17)12-10-16(14-8-7-13(12)19-14)9-11-5-3-2-4-6-11/h2-6,10,13-14H,7-9H2,1H3. The maximum atomic E-state index is 11.8. The molecule has 100 valence electrons. The Kier molecular flexibility index (Phi) is 3.25. The first kappa shape index (κ1) is 12.2. The van der Waals surface area contributed by atoms with E-state index in [-0.39, 0.29) is 18.3 Å². The molecule has 1 aromatic carbocycles. The summed E-state index contributed by atoms with van der Waals surface area (Å²) < 4.78 is 10.7. The normalized spacial score (nSPS) is 25.1. The molecule has 2 aliphatic heterocycles. The molecule has 2 bridgehead atoms. The fraction of sp³-hybridized carbons (Fsp3) is 0.400. The van der Waals surface area contributed by atoms with Gasteiger partial charge in [0.25, 0.3) is 0 Å². The van der Waals surface area contributed by atoms with Gasteiger partial charge in [-0.1, -0.05) is 30.3 Å². The third-order valence-electron chi connectivity index (χ3n) is 3.65. The summed E-state index contributed by atoms with van der Waals surface area (Å²) >= 11 is 0. The van der Waals surface area contributed by atoms with Gasteiger partial charge < -0.3 is 14.4 Å². The number of methoxy groups -OCH3 is 1. The van der Waals surface area contributed by atoms with E-state index in [1.165, 1.54) is 12.7 Å². The molecule has 0 amide bonds. The fourth-order valence-electron chi connectivity index (χ4n) is 2.68. The molecule has 4 heteroatoms. The Bertz CT molecular complexity index is 497. The molecule has 1 fully saturated rings. The molecule has 0 aromatic heterocycles. The maximum absolute atomic E-state index is 11.8. The Hall–Kier alpha value is -1.81. The van der Waals surface area contributed by atoms with E-state index < -0.39 is 0 Å². The number of ether oxygens (including phenoxy) is 2. The summed E-state index contributed by atoms with van der Waals surface area (Å²) in [5.74, 6) is -0.289. The van der Waals surface area contributed by atoms with Gasteiger partial charge in [-0.15, -0.1) is 0 Å². The smallest absolute Gasteiger partial charge is 0.337 e. The van der Waals surface area contributed by atoms with Crippen LogP contribution in [-0.4, -0.2) is 30.3 Å². The van der Waals surface area contributed by atoms with Gasteiger partial charge in [0.1, 0.15) is 6.23 Å². The van der Waals surface area contributed by atoms with Crippen LogP contribution >= 0.6 is 0 Å². The highest BCUT2D eigenvalue weighted by Crippen LogP contribution is 2.34. The van der Waals surface area contributed by atoms with Crippen LogP contribution in [0.15, 0.2) is 42.1 Å². The Morgan fingerprint density at radius 3 is 2.89 bits per heavy atom. The molecule has 1 aromatic rings. The zero-order chi connectivity index (χ0) is 13.2. The zero-order valence-corrected chi connectivity index (χ0v) is 10.9. The highest BCUT2D eigenvalue weighted by atomic mass is 16.5. The monoisotopic (exact) mass is 259 g/mol. The summed E-state index contributed by atoms with van der Waals surface area (Å²) in [6.07, 6.45) is 3.74. The van der Waals surface area contributed by atoms with Crippen molar-refractivity contribution in [2.45, 2.75) is 31.7 Å². The molecule has 2 atom stereocenters. The Balaban J connectivity index is 1.82. The third-order valence-corrected chi connectivity index (χ3v) is 3.65. The zero-order valence-electron chi connectivity index (χ0n) is 10.9. The van der Waals surface area contributed by atoms with E-state index in [0.29, 0.717) is 5.57 Å². The Morgan fingerprint density at radius 1 is 1.37 bits per heavy atom. The van der Waals surface area contributed by atoms with Crippen molar-refractivity contribution in [1.82, 2.24) is 4.90 Å². The van der Waals surface area contributed by atoms with E-state index in [1.54, 1.807) is 0 Å². The lowest BCUT2D eigenvalue weighted by Gasteiger charge is -2.32. The molecular formula is C15H17NO3. The van der Waals surface area contributed by atoms with Crippen molar-refractivity contribution in [2.75, 3.05) is 7.11 Å². The first-order valence-electron chi connectivity index (χ1n) is 6.53. The maximum Gasteiger partial charge on any atom is 0.337 e. The minimum Gasteiger partial charge on any atom is -0.466 e. The van der Waals surface area contributed by atoms with Crippen molar-refractivity contribution >= 4 is 5.97 Å². The predicted molar refractivity (Wildman–Crippen MR) is 70.0 cm³/mol. The van der Waals surface area contributed by atoms with E-state index in [1.807, 2.05) is 24.4 Å². The molecule has 2 unspecified atom stereocenters. The summed E-state index contributed by atoms with van der Waals surface area (Å²) in [5, 5.41) is 0. The number of hydrogen-bond acceptors (Lipinski definition) is 4. The summed E-state index contributed by atoms with van der Waals surface area (Å²) in [5.41, 5.74) is 1.84. The van der Waals surface area contributed by atoms with Gasteiger partial charge in [-0.3, -0.25) is 0 Å². The van der Waals surface area contributed by atoms with Crippen LogP contribution in [0.25, 0.3) is 0 Å². The largest absolute Gasteiger partial charge is 0.466 e. The number of esters is 1. The van der Waals surface area contributed by atoms with Gasteiger partial charge in [0.05, 0.1) is 18.8 Å². The van der Waals surface area contributed by atoms with Gasteiger partial charge in [-0.2, -0.15) is 0 Å². The first-order valence-corrected chi connectivity index (χ1v) is 6.53. The van der Waals surface area contributed by atoms with E-state index in [2.05, 4.69) is 17.0 Å². The van der Waals surface area contributed by atoms with Gasteiger partial charge in [0.2, 0.25) is 0 Å². The predicted octanol–water partition coefficient (Wildman–Crippen LogP) is 2.06. The molecule has 2 heterocycles. The minimum absolute atomic E-state index is 0.0820. The lowest BCUT2D eigenvalue weighted by molar-refractivity contribution is -0.139. The lowest BCUT2D eigenvalue weighted by atomic mass is 10.1. The molecule has 0 spiro atoms. The Morgan fingerprint density at radius 2 is 2.16 bits per heavy atom. The molecule has 0 aliphatic carbocycles. The number of nitrogens with zero attached hydrogens (tertiary/aromatic N) is 1. The van der Waals surface area contributed by atoms with Gasteiger partial charge in [0.15, 0.2) is 0 Å². The summed E-state index contributed by atoms with van der Waals surface area (Å²) in [6, 6.07) is 10.2. The van der Waals surface area contributed by atoms with Crippen molar-refractivity contribution in [2.24, 2.45) is 0 Å². The van der Waals surface area contributed by atoms with Crippen LogP contribution in [0.1, 0.15) is 18.4 Å². The molecule has 1 saturated heterocycles. The van der Waals surface area contributed by atoms with Crippen molar-refractivity contribution in [3.63, 3.8) is 0 Å². The molecule has 0 saturated carbocycles. The van der Waals surface area contributed by atoms with Crippen LogP contribution in [0.2, 0.25) is 0 Å². The van der Waals surface area contributed by atoms with E-state index >= 15 is 0 Å².